The first-order valence-corrected chi connectivity index (χ1v) is 9.39. The minimum absolute atomic E-state index is 0.204. The number of carbonyl (C=O) groups excluding carboxylic acids is 2. The average Bonchev–Trinajstić information content (AvgIpc) is 3.01. The number of thiophene rings is 2. The van der Waals surface area contributed by atoms with Crippen molar-refractivity contribution < 1.29 is 9.59 Å². The van der Waals surface area contributed by atoms with E-state index in [1.165, 1.54) is 27.6 Å². The van der Waals surface area contributed by atoms with Crippen LogP contribution in [0.4, 0.5) is 5.00 Å². The molecule has 4 nitrogen and oxygen atoms in total. The van der Waals surface area contributed by atoms with Crippen molar-refractivity contribution in [2.45, 2.75) is 26.2 Å². The van der Waals surface area contributed by atoms with Gasteiger partial charge in [-0.1, -0.05) is 6.92 Å². The summed E-state index contributed by atoms with van der Waals surface area (Å²) in [6.45, 7) is 2.20. The monoisotopic (exact) mass is 398 g/mol. The molecule has 0 saturated heterocycles. The third kappa shape index (κ3) is 2.98. The summed E-state index contributed by atoms with van der Waals surface area (Å²) in [5, 5.41) is 3.45. The van der Waals surface area contributed by atoms with Gasteiger partial charge in [0.1, 0.15) is 5.00 Å². The maximum absolute atomic E-state index is 12.3. The SMILES string of the molecule is CC1CCc2c(sc(NC(=O)c3ccc(Br)s3)c2C(N)=O)C1. The van der Waals surface area contributed by atoms with Crippen LogP contribution < -0.4 is 11.1 Å². The van der Waals surface area contributed by atoms with Crippen molar-refractivity contribution in [1.29, 1.82) is 0 Å². The molecule has 2 aromatic heterocycles. The molecule has 3 rings (SSSR count). The number of nitrogens with two attached hydrogens (primary N) is 1. The van der Waals surface area contributed by atoms with Crippen molar-refractivity contribution in [1.82, 2.24) is 0 Å². The number of primary amides is 1. The standard InChI is InChI=1S/C15H15BrN2O2S2/c1-7-2-3-8-10(6-7)22-15(12(8)13(17)19)18-14(20)9-4-5-11(16)21-9/h4-5,7H,2-3,6H2,1H3,(H2,17,19)(H,18,20). The molecular formula is C15H15BrN2O2S2. The molecule has 0 spiro atoms. The number of fused-ring (bicyclic) bond motifs is 1. The molecule has 1 unspecified atom stereocenters. The van der Waals surface area contributed by atoms with Gasteiger partial charge in [0.15, 0.2) is 0 Å². The third-order valence-corrected chi connectivity index (χ3v) is 6.57. The lowest BCUT2D eigenvalue weighted by molar-refractivity contribution is 0.1000. The lowest BCUT2D eigenvalue weighted by atomic mass is 9.88. The van der Waals surface area contributed by atoms with Crippen molar-refractivity contribution in [3.8, 4) is 0 Å². The topological polar surface area (TPSA) is 72.2 Å². The summed E-state index contributed by atoms with van der Waals surface area (Å²) in [7, 11) is 0. The van der Waals surface area contributed by atoms with E-state index in [9.17, 15) is 9.59 Å². The van der Waals surface area contributed by atoms with E-state index in [-0.39, 0.29) is 5.91 Å². The third-order valence-electron chi connectivity index (χ3n) is 3.78. The first-order valence-electron chi connectivity index (χ1n) is 6.96. The molecule has 116 valence electrons. The Morgan fingerprint density at radius 1 is 1.36 bits per heavy atom. The van der Waals surface area contributed by atoms with Gasteiger partial charge >= 0.3 is 0 Å². The van der Waals surface area contributed by atoms with Crippen LogP contribution >= 0.6 is 38.6 Å². The minimum Gasteiger partial charge on any atom is -0.365 e. The van der Waals surface area contributed by atoms with Crippen molar-refractivity contribution in [2.24, 2.45) is 11.7 Å². The van der Waals surface area contributed by atoms with E-state index in [2.05, 4.69) is 28.2 Å². The van der Waals surface area contributed by atoms with Gasteiger partial charge < -0.3 is 11.1 Å². The van der Waals surface area contributed by atoms with Crippen LogP contribution in [0.5, 0.6) is 0 Å². The number of nitrogens with one attached hydrogen (secondary N) is 1. The molecule has 1 aliphatic rings. The van der Waals surface area contributed by atoms with Crippen molar-refractivity contribution in [2.75, 3.05) is 5.32 Å². The molecule has 7 heteroatoms. The summed E-state index contributed by atoms with van der Waals surface area (Å²) in [6, 6.07) is 3.58. The Bertz CT molecular complexity index is 751. The predicted molar refractivity (Wildman–Crippen MR) is 94.0 cm³/mol. The normalized spacial score (nSPS) is 17.1. The Morgan fingerprint density at radius 2 is 2.14 bits per heavy atom. The fourth-order valence-corrected chi connectivity index (χ4v) is 5.39. The largest absolute Gasteiger partial charge is 0.365 e. The van der Waals surface area contributed by atoms with Gasteiger partial charge in [-0.25, -0.2) is 0 Å². The molecule has 0 bridgehead atoms. The van der Waals surface area contributed by atoms with E-state index in [0.717, 1.165) is 28.6 Å². The number of rotatable bonds is 3. The van der Waals surface area contributed by atoms with Crippen LogP contribution in [-0.2, 0) is 12.8 Å². The van der Waals surface area contributed by atoms with Crippen molar-refractivity contribution >= 4 is 55.4 Å². The number of amides is 2. The molecule has 3 N–H and O–H groups in total. The van der Waals surface area contributed by atoms with Gasteiger partial charge in [-0.05, 0) is 58.8 Å². The molecular weight excluding hydrogens is 384 g/mol. The molecule has 2 amide bonds. The van der Waals surface area contributed by atoms with Crippen LogP contribution in [0.25, 0.3) is 0 Å². The molecule has 2 heterocycles. The number of hydrogen-bond donors (Lipinski definition) is 2. The van der Waals surface area contributed by atoms with Crippen LogP contribution in [0.1, 0.15) is 43.8 Å². The Kier molecular flexibility index (Phi) is 4.38. The molecule has 1 atom stereocenters. The molecule has 1 aliphatic carbocycles. The van der Waals surface area contributed by atoms with Gasteiger partial charge in [-0.3, -0.25) is 9.59 Å². The van der Waals surface area contributed by atoms with Gasteiger partial charge in [-0.15, -0.1) is 22.7 Å². The van der Waals surface area contributed by atoms with Gasteiger partial charge in [0.2, 0.25) is 0 Å². The fraction of sp³-hybridized carbons (Fsp3) is 0.333. The highest BCUT2D eigenvalue weighted by atomic mass is 79.9. The second-order valence-corrected chi connectivity index (χ2v) is 9.05. The van der Waals surface area contributed by atoms with Crippen LogP contribution in [-0.4, -0.2) is 11.8 Å². The van der Waals surface area contributed by atoms with Crippen LogP contribution in [0, 0.1) is 5.92 Å². The summed E-state index contributed by atoms with van der Waals surface area (Å²) < 4.78 is 0.895. The second-order valence-electron chi connectivity index (χ2n) is 5.48. The number of halogens is 1. The zero-order chi connectivity index (χ0) is 15.9. The Morgan fingerprint density at radius 3 is 2.77 bits per heavy atom. The van der Waals surface area contributed by atoms with Gasteiger partial charge in [0.25, 0.3) is 11.8 Å². The van der Waals surface area contributed by atoms with Gasteiger partial charge in [0.05, 0.1) is 14.2 Å². The smallest absolute Gasteiger partial charge is 0.266 e. The van der Waals surface area contributed by atoms with E-state index in [1.807, 2.05) is 6.07 Å². The van der Waals surface area contributed by atoms with E-state index in [1.54, 1.807) is 6.07 Å². The molecule has 2 aromatic rings. The Labute approximate surface area is 144 Å². The van der Waals surface area contributed by atoms with Crippen LogP contribution in [0.15, 0.2) is 15.9 Å². The highest BCUT2D eigenvalue weighted by Crippen LogP contribution is 2.39. The lowest BCUT2D eigenvalue weighted by Crippen LogP contribution is -2.19. The first-order chi connectivity index (χ1) is 10.5. The number of carbonyl (C=O) groups is 2. The van der Waals surface area contributed by atoms with E-state index < -0.39 is 5.91 Å². The van der Waals surface area contributed by atoms with Gasteiger partial charge in [0, 0.05) is 4.88 Å². The lowest BCUT2D eigenvalue weighted by Gasteiger charge is -2.18. The fourth-order valence-electron chi connectivity index (χ4n) is 2.70. The summed E-state index contributed by atoms with van der Waals surface area (Å²) in [4.78, 5) is 25.9. The predicted octanol–water partition coefficient (Wildman–Crippen LogP) is 4.05. The maximum Gasteiger partial charge on any atom is 0.266 e. The zero-order valence-corrected chi connectivity index (χ0v) is 15.2. The van der Waals surface area contributed by atoms with Crippen LogP contribution in [0.3, 0.4) is 0 Å². The Hall–Kier alpha value is -1.18. The van der Waals surface area contributed by atoms with E-state index in [4.69, 9.17) is 5.73 Å². The molecule has 0 saturated carbocycles. The molecule has 22 heavy (non-hydrogen) atoms. The van der Waals surface area contributed by atoms with Gasteiger partial charge in [-0.2, -0.15) is 0 Å². The summed E-state index contributed by atoms with van der Waals surface area (Å²) in [5.41, 5.74) is 7.07. The van der Waals surface area contributed by atoms with Crippen molar-refractivity contribution in [3.05, 3.63) is 36.8 Å². The molecule has 0 radical (unpaired) electrons. The first kappa shape index (κ1) is 15.7. The molecule has 0 fully saturated rings. The van der Waals surface area contributed by atoms with E-state index in [0.29, 0.717) is 21.4 Å². The van der Waals surface area contributed by atoms with Crippen LogP contribution in [0.2, 0.25) is 0 Å². The average molecular weight is 399 g/mol. The number of anilines is 1. The zero-order valence-electron chi connectivity index (χ0n) is 11.9. The maximum atomic E-state index is 12.3. The summed E-state index contributed by atoms with van der Waals surface area (Å²) >= 11 is 6.19. The number of hydrogen-bond acceptors (Lipinski definition) is 4. The molecule has 0 aromatic carbocycles. The summed E-state index contributed by atoms with van der Waals surface area (Å²) in [5.74, 6) is -0.0664. The Balaban J connectivity index is 1.93. The minimum atomic E-state index is -0.463. The van der Waals surface area contributed by atoms with Crippen molar-refractivity contribution in [3.63, 3.8) is 0 Å². The quantitative estimate of drug-likeness (QED) is 0.818. The highest BCUT2D eigenvalue weighted by molar-refractivity contribution is 9.11. The second kappa shape index (κ2) is 6.14. The van der Waals surface area contributed by atoms with E-state index >= 15 is 0 Å². The summed E-state index contributed by atoms with van der Waals surface area (Å²) in [6.07, 6.45) is 2.85. The molecule has 0 aliphatic heterocycles. The highest BCUT2D eigenvalue weighted by Gasteiger charge is 2.27.